The van der Waals surface area contributed by atoms with Crippen molar-refractivity contribution in [3.8, 4) is 5.75 Å². The number of nitrogens with one attached hydrogen (secondary N) is 1. The van der Waals surface area contributed by atoms with E-state index in [1.165, 1.54) is 17.0 Å². The van der Waals surface area contributed by atoms with Gasteiger partial charge in [-0.25, -0.2) is 8.42 Å². The van der Waals surface area contributed by atoms with Crippen molar-refractivity contribution in [3.63, 3.8) is 0 Å². The third-order valence-electron chi connectivity index (χ3n) is 7.36. The molecule has 0 aromatic heterocycles. The zero-order chi connectivity index (χ0) is 34.1. The number of aryl methyl sites for hydroxylation is 1. The number of anilines is 1. The smallest absolute Gasteiger partial charge is 0.264 e. The third kappa shape index (κ3) is 9.28. The summed E-state index contributed by atoms with van der Waals surface area (Å²) in [5.41, 5.74) is 2.53. The van der Waals surface area contributed by atoms with Crippen molar-refractivity contribution in [2.24, 2.45) is 0 Å². The van der Waals surface area contributed by atoms with Crippen molar-refractivity contribution in [1.82, 2.24) is 10.2 Å². The zero-order valence-corrected chi connectivity index (χ0v) is 29.1. The monoisotopic (exact) mass is 695 g/mol. The first-order valence-electron chi connectivity index (χ1n) is 15.3. The molecule has 0 aliphatic heterocycles. The second-order valence-electron chi connectivity index (χ2n) is 11.4. The summed E-state index contributed by atoms with van der Waals surface area (Å²) in [6.45, 7) is 6.96. The second-order valence-corrected chi connectivity index (χ2v) is 14.0. The predicted octanol–water partition coefficient (Wildman–Crippen LogP) is 7.06. The highest BCUT2D eigenvalue weighted by atomic mass is 35.5. The molecule has 4 aromatic carbocycles. The molecular weight excluding hydrogens is 657 g/mol. The number of nitrogens with zero attached hydrogens (tertiary/aromatic N) is 2. The maximum atomic E-state index is 14.6. The largest absolute Gasteiger partial charge is 0.492 e. The molecule has 47 heavy (non-hydrogen) atoms. The Morgan fingerprint density at radius 3 is 2.15 bits per heavy atom. The first-order chi connectivity index (χ1) is 22.4. The molecule has 8 nitrogen and oxygen atoms in total. The van der Waals surface area contributed by atoms with Gasteiger partial charge in [-0.3, -0.25) is 13.9 Å². The van der Waals surface area contributed by atoms with E-state index in [4.69, 9.17) is 27.9 Å². The summed E-state index contributed by atoms with van der Waals surface area (Å²) in [6.07, 6.45) is 0.187. The average molecular weight is 697 g/mol. The maximum absolute atomic E-state index is 14.6. The number of sulfonamides is 1. The van der Waals surface area contributed by atoms with Crippen LogP contribution in [-0.2, 0) is 32.6 Å². The molecule has 248 valence electrons. The topological polar surface area (TPSA) is 96.0 Å². The first kappa shape index (κ1) is 35.8. The fourth-order valence-corrected chi connectivity index (χ4v) is 6.81. The normalized spacial score (nSPS) is 12.0. The van der Waals surface area contributed by atoms with E-state index in [1.807, 2.05) is 51.1 Å². The number of carbonyl (C=O) groups excluding carboxylic acids is 2. The van der Waals surface area contributed by atoms with Gasteiger partial charge in [0.1, 0.15) is 18.3 Å². The summed E-state index contributed by atoms with van der Waals surface area (Å²) in [6, 6.07) is 26.2. The van der Waals surface area contributed by atoms with Crippen LogP contribution in [0.4, 0.5) is 5.69 Å². The van der Waals surface area contributed by atoms with Crippen molar-refractivity contribution in [1.29, 1.82) is 0 Å². The van der Waals surface area contributed by atoms with Gasteiger partial charge < -0.3 is 15.0 Å². The molecule has 0 heterocycles. The molecule has 0 bridgehead atoms. The van der Waals surface area contributed by atoms with Crippen LogP contribution in [0.1, 0.15) is 37.5 Å². The molecule has 0 saturated carbocycles. The van der Waals surface area contributed by atoms with Gasteiger partial charge >= 0.3 is 0 Å². The van der Waals surface area contributed by atoms with Crippen molar-refractivity contribution >= 4 is 50.7 Å². The van der Waals surface area contributed by atoms with Crippen LogP contribution in [0, 0.1) is 6.92 Å². The Kier molecular flexibility index (Phi) is 12.3. The highest BCUT2D eigenvalue weighted by Crippen LogP contribution is 2.33. The van der Waals surface area contributed by atoms with Crippen molar-refractivity contribution < 1.29 is 22.7 Å². The number of carbonyl (C=O) groups is 2. The summed E-state index contributed by atoms with van der Waals surface area (Å²) in [4.78, 5) is 29.9. The highest BCUT2D eigenvalue weighted by Gasteiger charge is 2.35. The molecule has 0 spiro atoms. The molecule has 1 N–H and O–H groups in total. The fraction of sp³-hybridized carbons (Fsp3) is 0.278. The van der Waals surface area contributed by atoms with Gasteiger partial charge in [-0.15, -0.1) is 0 Å². The van der Waals surface area contributed by atoms with Gasteiger partial charge in [-0.1, -0.05) is 89.4 Å². The van der Waals surface area contributed by atoms with E-state index < -0.39 is 28.5 Å². The Hall–Kier alpha value is -4.05. The maximum Gasteiger partial charge on any atom is 0.264 e. The summed E-state index contributed by atoms with van der Waals surface area (Å²) >= 11 is 12.5. The van der Waals surface area contributed by atoms with Crippen LogP contribution in [0.15, 0.2) is 102 Å². The average Bonchev–Trinajstić information content (AvgIpc) is 3.04. The lowest BCUT2D eigenvalue weighted by Crippen LogP contribution is -2.54. The van der Waals surface area contributed by atoms with E-state index in [9.17, 15) is 18.0 Å². The number of hydrogen-bond acceptors (Lipinski definition) is 5. The van der Waals surface area contributed by atoms with Crippen LogP contribution in [0.5, 0.6) is 5.75 Å². The fourth-order valence-electron chi connectivity index (χ4n) is 5.06. The number of halogens is 2. The van der Waals surface area contributed by atoms with E-state index in [-0.39, 0.29) is 47.1 Å². The van der Waals surface area contributed by atoms with Crippen molar-refractivity contribution in [2.45, 2.75) is 57.6 Å². The van der Waals surface area contributed by atoms with Crippen molar-refractivity contribution in [2.75, 3.05) is 17.5 Å². The molecule has 0 aliphatic rings. The Morgan fingerprint density at radius 2 is 1.51 bits per heavy atom. The minimum atomic E-state index is -4.28. The molecule has 11 heteroatoms. The molecule has 1 atom stereocenters. The molecule has 0 radical (unpaired) electrons. The van der Waals surface area contributed by atoms with E-state index in [2.05, 4.69) is 5.32 Å². The van der Waals surface area contributed by atoms with E-state index >= 15 is 0 Å². The SMILES string of the molecule is CCOc1ccccc1N(CC(=O)N(Cc1ccc(Cl)c(Cl)c1)[C@H](Cc1ccccc1)C(=O)NC(C)C)S(=O)(=O)c1ccc(C)cc1. The van der Waals surface area contributed by atoms with Crippen LogP contribution in [0.2, 0.25) is 10.0 Å². The lowest BCUT2D eigenvalue weighted by atomic mass is 10.0. The number of ether oxygens (including phenoxy) is 1. The summed E-state index contributed by atoms with van der Waals surface area (Å²) in [5.74, 6) is -0.675. The molecule has 0 saturated heterocycles. The highest BCUT2D eigenvalue weighted by molar-refractivity contribution is 7.92. The zero-order valence-electron chi connectivity index (χ0n) is 26.8. The van der Waals surface area contributed by atoms with Gasteiger partial charge in [0.2, 0.25) is 11.8 Å². The van der Waals surface area contributed by atoms with E-state index in [0.29, 0.717) is 16.3 Å². The number of hydrogen-bond donors (Lipinski definition) is 1. The van der Waals surface area contributed by atoms with Gasteiger partial charge in [0.25, 0.3) is 10.0 Å². The first-order valence-corrected chi connectivity index (χ1v) is 17.5. The molecule has 0 fully saturated rings. The lowest BCUT2D eigenvalue weighted by molar-refractivity contribution is -0.140. The quantitative estimate of drug-likeness (QED) is 0.152. The second kappa shape index (κ2) is 16.2. The Bertz CT molecular complexity index is 1780. The number of rotatable bonds is 14. The molecule has 2 amide bonds. The molecular formula is C36H39Cl2N3O5S. The minimum Gasteiger partial charge on any atom is -0.492 e. The number of para-hydroxylation sites is 2. The third-order valence-corrected chi connectivity index (χ3v) is 9.87. The number of amides is 2. The Balaban J connectivity index is 1.85. The van der Waals surface area contributed by atoms with Crippen molar-refractivity contribution in [3.05, 3.63) is 124 Å². The van der Waals surface area contributed by atoms with Gasteiger partial charge in [0.05, 0.1) is 27.2 Å². The Morgan fingerprint density at radius 1 is 0.851 bits per heavy atom. The molecule has 4 rings (SSSR count). The van der Waals surface area contributed by atoms with E-state index in [0.717, 1.165) is 15.4 Å². The van der Waals surface area contributed by atoms with Crippen LogP contribution >= 0.6 is 23.2 Å². The minimum absolute atomic E-state index is 0.0108. The van der Waals surface area contributed by atoms with Crippen LogP contribution < -0.4 is 14.4 Å². The lowest BCUT2D eigenvalue weighted by Gasteiger charge is -2.34. The number of benzene rings is 4. The molecule has 0 aliphatic carbocycles. The van der Waals surface area contributed by atoms with Gasteiger partial charge in [-0.05, 0) is 75.2 Å². The van der Waals surface area contributed by atoms with Gasteiger partial charge in [0.15, 0.2) is 0 Å². The summed E-state index contributed by atoms with van der Waals surface area (Å²) in [7, 11) is -4.28. The standard InChI is InChI=1S/C36H39Cl2N3O5S/c1-5-46-34-14-10-9-13-32(34)41(47(44,45)29-18-15-26(4)16-19-29)24-35(42)40(23-28-17-20-30(37)31(38)21-28)33(36(43)39-25(2)3)22-27-11-7-6-8-12-27/h6-21,25,33H,5,22-24H2,1-4H3,(H,39,43)/t33-/m1/s1. The summed E-state index contributed by atoms with van der Waals surface area (Å²) < 4.78 is 35.5. The van der Waals surface area contributed by atoms with Crippen LogP contribution in [0.25, 0.3) is 0 Å². The van der Waals surface area contributed by atoms with E-state index in [1.54, 1.807) is 61.5 Å². The predicted molar refractivity (Wildman–Crippen MR) is 188 cm³/mol. The molecule has 0 unspecified atom stereocenters. The van der Waals surface area contributed by atoms with Gasteiger partial charge in [0, 0.05) is 19.0 Å². The van der Waals surface area contributed by atoms with Crippen LogP contribution in [-0.4, -0.2) is 50.4 Å². The Labute approximate surface area is 287 Å². The molecule has 4 aromatic rings. The van der Waals surface area contributed by atoms with Gasteiger partial charge in [-0.2, -0.15) is 0 Å². The summed E-state index contributed by atoms with van der Waals surface area (Å²) in [5, 5.41) is 3.58. The van der Waals surface area contributed by atoms with Crippen LogP contribution in [0.3, 0.4) is 0 Å².